The van der Waals surface area contributed by atoms with E-state index in [1.54, 1.807) is 14.2 Å². The number of carboxylic acid groups (broad SMARTS) is 1. The number of carboxylic acids is 1. The van der Waals surface area contributed by atoms with E-state index in [2.05, 4.69) is 0 Å². The summed E-state index contributed by atoms with van der Waals surface area (Å²) < 4.78 is 22.7. The largest absolute Gasteiger partial charge is 0.497 e. The molecular formula is C24H31NO6. The standard InChI is InChI=1S/C24H31NO6/c1-5-30-21-11-9-16(14-22(21)31-6-2)23(25-13-7-8-19(25)24(26)27)18-15-17(28-3)10-12-20(18)29-4/h9-12,14-15,19,23H,5-8,13H2,1-4H3,(H,26,27). The fourth-order valence-corrected chi connectivity index (χ4v) is 4.20. The summed E-state index contributed by atoms with van der Waals surface area (Å²) in [5, 5.41) is 9.86. The molecule has 3 rings (SSSR count). The summed E-state index contributed by atoms with van der Waals surface area (Å²) in [5.41, 5.74) is 1.76. The second-order valence-electron chi connectivity index (χ2n) is 7.32. The molecule has 0 amide bonds. The number of rotatable bonds is 10. The predicted molar refractivity (Wildman–Crippen MR) is 118 cm³/mol. The van der Waals surface area contributed by atoms with Gasteiger partial charge in [-0.1, -0.05) is 6.07 Å². The zero-order chi connectivity index (χ0) is 22.4. The Morgan fingerprint density at radius 1 is 1.03 bits per heavy atom. The van der Waals surface area contributed by atoms with Gasteiger partial charge in [-0.05, 0) is 62.6 Å². The highest BCUT2D eigenvalue weighted by molar-refractivity contribution is 5.74. The van der Waals surface area contributed by atoms with Gasteiger partial charge in [0.15, 0.2) is 11.5 Å². The van der Waals surface area contributed by atoms with E-state index in [-0.39, 0.29) is 6.04 Å². The van der Waals surface area contributed by atoms with Crippen molar-refractivity contribution in [2.45, 2.75) is 38.8 Å². The molecule has 7 nitrogen and oxygen atoms in total. The van der Waals surface area contributed by atoms with E-state index in [1.165, 1.54) is 0 Å². The van der Waals surface area contributed by atoms with Gasteiger partial charge < -0.3 is 24.1 Å². The Labute approximate surface area is 183 Å². The first kappa shape index (κ1) is 22.7. The quantitative estimate of drug-likeness (QED) is 0.608. The minimum absolute atomic E-state index is 0.344. The second kappa shape index (κ2) is 10.4. The van der Waals surface area contributed by atoms with Crippen molar-refractivity contribution in [2.24, 2.45) is 0 Å². The van der Waals surface area contributed by atoms with Gasteiger partial charge in [0.1, 0.15) is 17.5 Å². The van der Waals surface area contributed by atoms with E-state index < -0.39 is 12.0 Å². The number of nitrogens with zero attached hydrogens (tertiary/aromatic N) is 1. The molecule has 2 aromatic rings. The number of methoxy groups -OCH3 is 2. The van der Waals surface area contributed by atoms with Crippen molar-refractivity contribution >= 4 is 5.97 Å². The van der Waals surface area contributed by atoms with E-state index in [0.717, 1.165) is 17.5 Å². The molecule has 0 bridgehead atoms. The smallest absolute Gasteiger partial charge is 0.320 e. The van der Waals surface area contributed by atoms with Crippen molar-refractivity contribution < 1.29 is 28.8 Å². The summed E-state index contributed by atoms with van der Waals surface area (Å²) in [6, 6.07) is 10.5. The average molecular weight is 430 g/mol. The fraction of sp³-hybridized carbons (Fsp3) is 0.458. The maximum atomic E-state index is 12.0. The molecule has 0 saturated carbocycles. The van der Waals surface area contributed by atoms with Gasteiger partial charge in [0.05, 0.1) is 33.5 Å². The van der Waals surface area contributed by atoms with Crippen molar-refractivity contribution in [3.63, 3.8) is 0 Å². The van der Waals surface area contributed by atoms with E-state index in [9.17, 15) is 9.90 Å². The Hall–Kier alpha value is -2.93. The molecule has 2 unspecified atom stereocenters. The molecule has 0 aliphatic carbocycles. The molecule has 0 aromatic heterocycles. The molecule has 168 valence electrons. The Kier molecular flexibility index (Phi) is 7.63. The Morgan fingerprint density at radius 3 is 2.39 bits per heavy atom. The van der Waals surface area contributed by atoms with Gasteiger partial charge in [-0.25, -0.2) is 0 Å². The molecule has 1 N–H and O–H groups in total. The van der Waals surface area contributed by atoms with Gasteiger partial charge >= 0.3 is 5.97 Å². The zero-order valence-corrected chi connectivity index (χ0v) is 18.6. The van der Waals surface area contributed by atoms with Crippen LogP contribution in [0.15, 0.2) is 36.4 Å². The summed E-state index contributed by atoms with van der Waals surface area (Å²) >= 11 is 0. The van der Waals surface area contributed by atoms with Gasteiger partial charge in [0.25, 0.3) is 0 Å². The highest BCUT2D eigenvalue weighted by Crippen LogP contribution is 2.42. The van der Waals surface area contributed by atoms with Crippen LogP contribution in [-0.2, 0) is 4.79 Å². The molecule has 2 atom stereocenters. The van der Waals surface area contributed by atoms with Crippen LogP contribution >= 0.6 is 0 Å². The molecule has 0 radical (unpaired) electrons. The van der Waals surface area contributed by atoms with Crippen molar-refractivity contribution in [2.75, 3.05) is 34.0 Å². The zero-order valence-electron chi connectivity index (χ0n) is 18.6. The summed E-state index contributed by atoms with van der Waals surface area (Å²) in [7, 11) is 3.23. The number of aliphatic carboxylic acids is 1. The van der Waals surface area contributed by atoms with E-state index in [4.69, 9.17) is 18.9 Å². The summed E-state index contributed by atoms with van der Waals surface area (Å²) in [6.45, 7) is 5.54. The third kappa shape index (κ3) is 4.88. The minimum atomic E-state index is -0.819. The lowest BCUT2D eigenvalue weighted by molar-refractivity contribution is -0.142. The Morgan fingerprint density at radius 2 is 1.74 bits per heavy atom. The number of carbonyl (C=O) groups is 1. The highest BCUT2D eigenvalue weighted by atomic mass is 16.5. The minimum Gasteiger partial charge on any atom is -0.497 e. The predicted octanol–water partition coefficient (Wildman–Crippen LogP) is 4.14. The molecule has 7 heteroatoms. The lowest BCUT2D eigenvalue weighted by Gasteiger charge is -2.33. The molecule has 1 fully saturated rings. The molecule has 1 saturated heterocycles. The maximum absolute atomic E-state index is 12.0. The number of hydrogen-bond acceptors (Lipinski definition) is 6. The number of hydrogen-bond donors (Lipinski definition) is 1. The van der Waals surface area contributed by atoms with Gasteiger partial charge in [-0.15, -0.1) is 0 Å². The van der Waals surface area contributed by atoms with Gasteiger partial charge in [0, 0.05) is 12.1 Å². The summed E-state index contributed by atoms with van der Waals surface area (Å²) in [4.78, 5) is 14.0. The highest BCUT2D eigenvalue weighted by Gasteiger charge is 2.38. The van der Waals surface area contributed by atoms with Gasteiger partial charge in [-0.3, -0.25) is 9.69 Å². The number of benzene rings is 2. The molecule has 1 heterocycles. The number of likely N-dealkylation sites (tertiary alicyclic amines) is 1. The van der Waals surface area contributed by atoms with Crippen LogP contribution in [0.5, 0.6) is 23.0 Å². The van der Waals surface area contributed by atoms with E-state index >= 15 is 0 Å². The van der Waals surface area contributed by atoms with Crippen molar-refractivity contribution in [1.82, 2.24) is 4.90 Å². The lowest BCUT2D eigenvalue weighted by Crippen LogP contribution is -2.39. The molecule has 0 spiro atoms. The third-order valence-corrected chi connectivity index (χ3v) is 5.53. The van der Waals surface area contributed by atoms with Crippen LogP contribution in [0.25, 0.3) is 0 Å². The third-order valence-electron chi connectivity index (χ3n) is 5.53. The SMILES string of the molecule is CCOc1ccc(C(c2cc(OC)ccc2OC)N2CCCC2C(=O)O)cc1OCC. The molecule has 31 heavy (non-hydrogen) atoms. The summed E-state index contributed by atoms with van der Waals surface area (Å²) in [5.74, 6) is 1.84. The first-order valence-electron chi connectivity index (χ1n) is 10.6. The second-order valence-corrected chi connectivity index (χ2v) is 7.32. The van der Waals surface area contributed by atoms with Crippen LogP contribution in [0.1, 0.15) is 43.9 Å². The van der Waals surface area contributed by atoms with Gasteiger partial charge in [-0.2, -0.15) is 0 Å². The first-order chi connectivity index (χ1) is 15.0. The average Bonchev–Trinajstić information content (AvgIpc) is 3.25. The van der Waals surface area contributed by atoms with Crippen LogP contribution < -0.4 is 18.9 Å². The maximum Gasteiger partial charge on any atom is 0.320 e. The Balaban J connectivity index is 2.18. The van der Waals surface area contributed by atoms with Crippen LogP contribution in [0.4, 0.5) is 0 Å². The first-order valence-corrected chi connectivity index (χ1v) is 10.6. The lowest BCUT2D eigenvalue weighted by atomic mass is 9.94. The van der Waals surface area contributed by atoms with Crippen LogP contribution in [-0.4, -0.2) is 56.0 Å². The monoisotopic (exact) mass is 429 g/mol. The molecular weight excluding hydrogens is 398 g/mol. The van der Waals surface area contributed by atoms with Crippen LogP contribution in [0.3, 0.4) is 0 Å². The molecule has 2 aromatic carbocycles. The van der Waals surface area contributed by atoms with Crippen molar-refractivity contribution in [3.05, 3.63) is 47.5 Å². The van der Waals surface area contributed by atoms with E-state index in [0.29, 0.717) is 49.2 Å². The number of ether oxygens (including phenoxy) is 4. The van der Waals surface area contributed by atoms with Crippen molar-refractivity contribution in [1.29, 1.82) is 0 Å². The topological polar surface area (TPSA) is 77.5 Å². The normalized spacial score (nSPS) is 17.2. The molecule has 1 aliphatic rings. The van der Waals surface area contributed by atoms with E-state index in [1.807, 2.05) is 55.1 Å². The van der Waals surface area contributed by atoms with Crippen molar-refractivity contribution in [3.8, 4) is 23.0 Å². The fourth-order valence-electron chi connectivity index (χ4n) is 4.20. The van der Waals surface area contributed by atoms with Crippen LogP contribution in [0, 0.1) is 0 Å². The van der Waals surface area contributed by atoms with Gasteiger partial charge in [0.2, 0.25) is 0 Å². The summed E-state index contributed by atoms with van der Waals surface area (Å²) in [6.07, 6.45) is 1.42. The molecule has 1 aliphatic heterocycles. The van der Waals surface area contributed by atoms with Crippen LogP contribution in [0.2, 0.25) is 0 Å². The Bertz CT molecular complexity index is 900.